The van der Waals surface area contributed by atoms with Crippen LogP contribution in [0.15, 0.2) is 84.4 Å². The molecule has 0 fully saturated rings. The normalized spacial score (nSPS) is 16.1. The SMILES string of the molecule is Cc1cc(C)cc(N2C(=O)C(O)=C(C(=O)CCc3ccccc3)C2c2cccnc2)c1. The zero-order chi connectivity index (χ0) is 22.0. The van der Waals surface area contributed by atoms with Gasteiger partial charge in [-0.15, -0.1) is 0 Å². The Bertz CT molecular complexity index is 1130. The van der Waals surface area contributed by atoms with E-state index in [0.717, 1.165) is 16.7 Å². The highest BCUT2D eigenvalue weighted by Crippen LogP contribution is 2.41. The highest BCUT2D eigenvalue weighted by Gasteiger charge is 2.44. The van der Waals surface area contributed by atoms with Crippen LogP contribution in [0, 0.1) is 13.8 Å². The van der Waals surface area contributed by atoms with Crippen LogP contribution in [0.3, 0.4) is 0 Å². The predicted octanol–water partition coefficient (Wildman–Crippen LogP) is 4.80. The van der Waals surface area contributed by atoms with Crippen LogP contribution in [0.2, 0.25) is 0 Å². The topological polar surface area (TPSA) is 70.5 Å². The third-order valence-corrected chi connectivity index (χ3v) is 5.48. The van der Waals surface area contributed by atoms with Crippen LogP contribution >= 0.6 is 0 Å². The molecule has 1 N–H and O–H groups in total. The second-order valence-electron chi connectivity index (χ2n) is 7.88. The van der Waals surface area contributed by atoms with E-state index >= 15 is 0 Å². The zero-order valence-corrected chi connectivity index (χ0v) is 17.6. The van der Waals surface area contributed by atoms with Crippen LogP contribution < -0.4 is 4.90 Å². The Hall–Kier alpha value is -3.73. The average molecular weight is 412 g/mol. The lowest BCUT2D eigenvalue weighted by atomic mass is 9.93. The number of aryl methyl sites for hydroxylation is 3. The molecule has 0 bridgehead atoms. The lowest BCUT2D eigenvalue weighted by Gasteiger charge is -2.27. The summed E-state index contributed by atoms with van der Waals surface area (Å²) in [5.41, 5.74) is 4.49. The average Bonchev–Trinajstić information content (AvgIpc) is 3.03. The molecule has 1 amide bonds. The van der Waals surface area contributed by atoms with Gasteiger partial charge in [0.05, 0.1) is 11.6 Å². The van der Waals surface area contributed by atoms with Gasteiger partial charge in [-0.3, -0.25) is 19.5 Å². The van der Waals surface area contributed by atoms with Crippen molar-refractivity contribution in [1.29, 1.82) is 0 Å². The van der Waals surface area contributed by atoms with Crippen molar-refractivity contribution in [2.24, 2.45) is 0 Å². The fourth-order valence-electron chi connectivity index (χ4n) is 4.14. The standard InChI is InChI=1S/C26H24N2O3/c1-17-13-18(2)15-21(14-17)28-24(20-9-6-12-27-16-20)23(25(30)26(28)31)22(29)11-10-19-7-4-3-5-8-19/h3-9,12-16,24,30H,10-11H2,1-2H3. The number of rotatable bonds is 6. The molecule has 31 heavy (non-hydrogen) atoms. The maximum atomic E-state index is 13.3. The van der Waals surface area contributed by atoms with E-state index in [1.807, 2.05) is 68.4 Å². The fraction of sp³-hybridized carbons (Fsp3) is 0.192. The third kappa shape index (κ3) is 4.12. The minimum absolute atomic E-state index is 0.132. The monoisotopic (exact) mass is 412 g/mol. The molecule has 0 aliphatic carbocycles. The predicted molar refractivity (Wildman–Crippen MR) is 120 cm³/mol. The van der Waals surface area contributed by atoms with Gasteiger partial charge in [0.25, 0.3) is 5.91 Å². The van der Waals surface area contributed by atoms with Crippen LogP contribution in [0.4, 0.5) is 5.69 Å². The van der Waals surface area contributed by atoms with Crippen molar-refractivity contribution >= 4 is 17.4 Å². The van der Waals surface area contributed by atoms with Gasteiger partial charge in [0.2, 0.25) is 0 Å². The Balaban J connectivity index is 1.74. The number of benzene rings is 2. The molecule has 1 aromatic heterocycles. The van der Waals surface area contributed by atoms with E-state index in [0.29, 0.717) is 17.7 Å². The molecule has 1 aliphatic heterocycles. The van der Waals surface area contributed by atoms with Crippen LogP contribution in [-0.2, 0) is 16.0 Å². The Morgan fingerprint density at radius 2 is 1.74 bits per heavy atom. The first kappa shape index (κ1) is 20.5. The number of pyridine rings is 1. The zero-order valence-electron chi connectivity index (χ0n) is 17.6. The second-order valence-corrected chi connectivity index (χ2v) is 7.88. The van der Waals surface area contributed by atoms with E-state index in [2.05, 4.69) is 4.98 Å². The summed E-state index contributed by atoms with van der Waals surface area (Å²) in [4.78, 5) is 32.1. The maximum Gasteiger partial charge on any atom is 0.294 e. The number of carbonyl (C=O) groups is 2. The van der Waals surface area contributed by atoms with Crippen LogP contribution in [0.25, 0.3) is 0 Å². The van der Waals surface area contributed by atoms with Crippen LogP contribution in [0.5, 0.6) is 0 Å². The van der Waals surface area contributed by atoms with Gasteiger partial charge in [-0.05, 0) is 60.7 Å². The summed E-state index contributed by atoms with van der Waals surface area (Å²) in [5, 5.41) is 10.8. The fourth-order valence-corrected chi connectivity index (χ4v) is 4.14. The first-order valence-electron chi connectivity index (χ1n) is 10.3. The summed E-state index contributed by atoms with van der Waals surface area (Å²) < 4.78 is 0. The molecule has 2 heterocycles. The number of hydrogen-bond acceptors (Lipinski definition) is 4. The first-order chi connectivity index (χ1) is 15.0. The molecule has 1 atom stereocenters. The number of carbonyl (C=O) groups excluding carboxylic acids is 2. The van der Waals surface area contributed by atoms with Gasteiger partial charge in [-0.1, -0.05) is 42.5 Å². The van der Waals surface area contributed by atoms with E-state index in [9.17, 15) is 14.7 Å². The van der Waals surface area contributed by atoms with Gasteiger partial charge >= 0.3 is 0 Å². The van der Waals surface area contributed by atoms with Crippen LogP contribution in [0.1, 0.15) is 34.7 Å². The molecule has 156 valence electrons. The minimum atomic E-state index is -0.717. The molecular formula is C26H24N2O3. The van der Waals surface area contributed by atoms with Crippen molar-refractivity contribution < 1.29 is 14.7 Å². The van der Waals surface area contributed by atoms with E-state index in [1.54, 1.807) is 18.5 Å². The lowest BCUT2D eigenvalue weighted by Crippen LogP contribution is -2.31. The smallest absolute Gasteiger partial charge is 0.294 e. The molecule has 0 radical (unpaired) electrons. The molecule has 0 spiro atoms. The van der Waals surface area contributed by atoms with Gasteiger partial charge in [0, 0.05) is 24.5 Å². The number of amides is 1. The number of aliphatic hydroxyl groups is 1. The Labute approximate surface area is 181 Å². The summed E-state index contributed by atoms with van der Waals surface area (Å²) >= 11 is 0. The minimum Gasteiger partial charge on any atom is -0.503 e. The molecule has 0 saturated heterocycles. The molecule has 4 rings (SSSR count). The van der Waals surface area contributed by atoms with E-state index in [-0.39, 0.29) is 17.8 Å². The number of hydrogen-bond donors (Lipinski definition) is 1. The highest BCUT2D eigenvalue weighted by molar-refractivity contribution is 6.16. The summed E-state index contributed by atoms with van der Waals surface area (Å²) in [7, 11) is 0. The largest absolute Gasteiger partial charge is 0.503 e. The Morgan fingerprint density at radius 1 is 1.03 bits per heavy atom. The second kappa shape index (κ2) is 8.56. The summed E-state index contributed by atoms with van der Waals surface area (Å²) in [6.45, 7) is 3.91. The Morgan fingerprint density at radius 3 is 2.39 bits per heavy atom. The van der Waals surface area contributed by atoms with Crippen molar-refractivity contribution in [3.63, 3.8) is 0 Å². The van der Waals surface area contributed by atoms with Crippen molar-refractivity contribution in [2.45, 2.75) is 32.7 Å². The number of ketones is 1. The molecule has 2 aromatic carbocycles. The van der Waals surface area contributed by atoms with Crippen molar-refractivity contribution in [2.75, 3.05) is 4.90 Å². The molecule has 5 nitrogen and oxygen atoms in total. The number of aliphatic hydroxyl groups excluding tert-OH is 1. The van der Waals surface area contributed by atoms with Crippen molar-refractivity contribution in [3.05, 3.63) is 107 Å². The van der Waals surface area contributed by atoms with Gasteiger partial charge in [0.15, 0.2) is 11.5 Å². The first-order valence-corrected chi connectivity index (χ1v) is 10.3. The van der Waals surface area contributed by atoms with E-state index in [4.69, 9.17) is 0 Å². The number of Topliss-reactive ketones (excluding diaryl/α,β-unsaturated/α-hetero) is 1. The third-order valence-electron chi connectivity index (χ3n) is 5.48. The number of nitrogens with zero attached hydrogens (tertiary/aromatic N) is 2. The van der Waals surface area contributed by atoms with E-state index < -0.39 is 17.7 Å². The summed E-state index contributed by atoms with van der Waals surface area (Å²) in [6, 6.07) is 18.4. The highest BCUT2D eigenvalue weighted by atomic mass is 16.3. The maximum absolute atomic E-state index is 13.3. The molecule has 0 saturated carbocycles. The van der Waals surface area contributed by atoms with E-state index in [1.165, 1.54) is 4.90 Å². The molecule has 5 heteroatoms. The molecular weight excluding hydrogens is 388 g/mol. The molecule has 3 aromatic rings. The van der Waals surface area contributed by atoms with Crippen LogP contribution in [-0.4, -0.2) is 21.8 Å². The number of aromatic nitrogens is 1. The molecule has 1 aliphatic rings. The lowest BCUT2D eigenvalue weighted by molar-refractivity contribution is -0.118. The number of anilines is 1. The van der Waals surface area contributed by atoms with Gasteiger partial charge in [-0.2, -0.15) is 0 Å². The van der Waals surface area contributed by atoms with Gasteiger partial charge < -0.3 is 5.11 Å². The molecule has 1 unspecified atom stereocenters. The van der Waals surface area contributed by atoms with Gasteiger partial charge in [-0.25, -0.2) is 0 Å². The summed E-state index contributed by atoms with van der Waals surface area (Å²) in [6.07, 6.45) is 4.01. The summed E-state index contributed by atoms with van der Waals surface area (Å²) in [5.74, 6) is -1.29. The van der Waals surface area contributed by atoms with Crippen molar-refractivity contribution in [3.8, 4) is 0 Å². The Kier molecular flexibility index (Phi) is 5.67. The van der Waals surface area contributed by atoms with Gasteiger partial charge in [0.1, 0.15) is 0 Å². The van der Waals surface area contributed by atoms with Crippen molar-refractivity contribution in [1.82, 2.24) is 4.98 Å². The quantitative estimate of drug-likeness (QED) is 0.631.